The number of alkyl halides is 3. The van der Waals surface area contributed by atoms with Crippen LogP contribution in [0.25, 0.3) is 0 Å². The molecule has 0 aliphatic carbocycles. The van der Waals surface area contributed by atoms with E-state index in [1.165, 1.54) is 12.1 Å². The third kappa shape index (κ3) is 3.56. The van der Waals surface area contributed by atoms with Crippen LogP contribution in [0.2, 0.25) is 0 Å². The van der Waals surface area contributed by atoms with E-state index < -0.39 is 17.2 Å². The molecular weight excluding hydrogens is 281 g/mol. The molecule has 0 aromatic heterocycles. The van der Waals surface area contributed by atoms with Crippen LogP contribution in [0, 0.1) is 5.41 Å². The molecule has 1 aromatic rings. The largest absolute Gasteiger partial charge is 0.416 e. The van der Waals surface area contributed by atoms with Gasteiger partial charge in [0.2, 0.25) is 5.91 Å². The van der Waals surface area contributed by atoms with Crippen LogP contribution in [-0.4, -0.2) is 19.0 Å². The summed E-state index contributed by atoms with van der Waals surface area (Å²) in [5, 5.41) is 5.96. The van der Waals surface area contributed by atoms with Gasteiger partial charge in [0.25, 0.3) is 0 Å². The summed E-state index contributed by atoms with van der Waals surface area (Å²) in [4.78, 5) is 12.4. The Kier molecular flexibility index (Phi) is 4.56. The quantitative estimate of drug-likeness (QED) is 0.898. The number of carbonyl (C=O) groups is 1. The van der Waals surface area contributed by atoms with Crippen molar-refractivity contribution in [2.45, 2.75) is 32.4 Å². The summed E-state index contributed by atoms with van der Waals surface area (Å²) in [5.74, 6) is -0.105. The Bertz CT molecular complexity index is 491. The lowest BCUT2D eigenvalue weighted by molar-refractivity contribution is -0.137. The van der Waals surface area contributed by atoms with E-state index in [2.05, 4.69) is 10.6 Å². The molecule has 0 saturated carbocycles. The third-order valence-corrected chi connectivity index (χ3v) is 4.19. The predicted molar refractivity (Wildman–Crippen MR) is 74.9 cm³/mol. The highest BCUT2D eigenvalue weighted by molar-refractivity contribution is 5.95. The second kappa shape index (κ2) is 6.05. The maximum Gasteiger partial charge on any atom is 0.416 e. The lowest BCUT2D eigenvalue weighted by atomic mass is 9.76. The van der Waals surface area contributed by atoms with Crippen molar-refractivity contribution in [1.82, 2.24) is 5.32 Å². The predicted octanol–water partition coefficient (Wildman–Crippen LogP) is 3.42. The Balaban J connectivity index is 2.08. The van der Waals surface area contributed by atoms with E-state index in [1.54, 1.807) is 0 Å². The molecule has 1 aliphatic rings. The molecule has 1 fully saturated rings. The van der Waals surface area contributed by atoms with Gasteiger partial charge in [0.05, 0.1) is 11.0 Å². The van der Waals surface area contributed by atoms with E-state index in [-0.39, 0.29) is 5.91 Å². The molecule has 2 N–H and O–H groups in total. The SMILES string of the molecule is CCC1(C(=O)Nc2ccc(C(F)(F)F)cc2)CCNCC1. The summed E-state index contributed by atoms with van der Waals surface area (Å²) in [6, 6.07) is 4.56. The van der Waals surface area contributed by atoms with Crippen LogP contribution < -0.4 is 10.6 Å². The fraction of sp³-hybridized carbons (Fsp3) is 0.533. The van der Waals surface area contributed by atoms with E-state index in [0.717, 1.165) is 44.5 Å². The number of carbonyl (C=O) groups excluding carboxylic acids is 1. The highest BCUT2D eigenvalue weighted by Crippen LogP contribution is 2.34. The Morgan fingerprint density at radius 2 is 1.81 bits per heavy atom. The number of amides is 1. The van der Waals surface area contributed by atoms with Crippen LogP contribution in [0.15, 0.2) is 24.3 Å². The van der Waals surface area contributed by atoms with Crippen LogP contribution in [0.5, 0.6) is 0 Å². The molecule has 116 valence electrons. The molecule has 1 aromatic carbocycles. The van der Waals surface area contributed by atoms with E-state index in [0.29, 0.717) is 5.69 Å². The Morgan fingerprint density at radius 3 is 2.29 bits per heavy atom. The van der Waals surface area contributed by atoms with Crippen molar-refractivity contribution in [1.29, 1.82) is 0 Å². The van der Waals surface area contributed by atoms with Gasteiger partial charge in [-0.3, -0.25) is 4.79 Å². The van der Waals surface area contributed by atoms with Crippen LogP contribution in [-0.2, 0) is 11.0 Å². The number of benzene rings is 1. The second-order valence-corrected chi connectivity index (χ2v) is 5.41. The molecule has 21 heavy (non-hydrogen) atoms. The zero-order chi connectivity index (χ0) is 15.5. The minimum atomic E-state index is -4.36. The number of rotatable bonds is 3. The lowest BCUT2D eigenvalue weighted by Crippen LogP contribution is -2.44. The minimum Gasteiger partial charge on any atom is -0.326 e. The number of nitrogens with one attached hydrogen (secondary N) is 2. The van der Waals surface area contributed by atoms with Crippen LogP contribution in [0.3, 0.4) is 0 Å². The summed E-state index contributed by atoms with van der Waals surface area (Å²) in [6.45, 7) is 3.54. The summed E-state index contributed by atoms with van der Waals surface area (Å²) in [7, 11) is 0. The van der Waals surface area contributed by atoms with Gasteiger partial charge in [0, 0.05) is 5.69 Å². The van der Waals surface area contributed by atoms with Crippen molar-refractivity contribution in [3.63, 3.8) is 0 Å². The molecule has 1 aliphatic heterocycles. The number of halogens is 3. The first kappa shape index (κ1) is 15.8. The van der Waals surface area contributed by atoms with Crippen molar-refractivity contribution < 1.29 is 18.0 Å². The summed E-state index contributed by atoms with van der Waals surface area (Å²) < 4.78 is 37.5. The van der Waals surface area contributed by atoms with Gasteiger partial charge in [-0.25, -0.2) is 0 Å². The van der Waals surface area contributed by atoms with E-state index in [4.69, 9.17) is 0 Å². The average molecular weight is 300 g/mol. The first-order chi connectivity index (χ1) is 9.87. The fourth-order valence-electron chi connectivity index (χ4n) is 2.65. The topological polar surface area (TPSA) is 41.1 Å². The van der Waals surface area contributed by atoms with Crippen molar-refractivity contribution in [3.05, 3.63) is 29.8 Å². The zero-order valence-corrected chi connectivity index (χ0v) is 11.9. The molecule has 2 rings (SSSR count). The van der Waals surface area contributed by atoms with E-state index >= 15 is 0 Å². The normalized spacial score (nSPS) is 18.3. The van der Waals surface area contributed by atoms with Crippen LogP contribution >= 0.6 is 0 Å². The first-order valence-electron chi connectivity index (χ1n) is 7.07. The van der Waals surface area contributed by atoms with Gasteiger partial charge in [-0.05, 0) is 56.6 Å². The van der Waals surface area contributed by atoms with Gasteiger partial charge >= 0.3 is 6.18 Å². The Morgan fingerprint density at radius 1 is 1.24 bits per heavy atom. The Hall–Kier alpha value is -1.56. The number of anilines is 1. The van der Waals surface area contributed by atoms with Crippen molar-refractivity contribution in [2.24, 2.45) is 5.41 Å². The van der Waals surface area contributed by atoms with Crippen LogP contribution in [0.1, 0.15) is 31.7 Å². The summed E-state index contributed by atoms with van der Waals surface area (Å²) >= 11 is 0. The van der Waals surface area contributed by atoms with Gasteiger partial charge in [-0.1, -0.05) is 6.92 Å². The number of hydrogen-bond donors (Lipinski definition) is 2. The van der Waals surface area contributed by atoms with E-state index in [1.807, 2.05) is 6.92 Å². The van der Waals surface area contributed by atoms with Gasteiger partial charge in [-0.15, -0.1) is 0 Å². The molecule has 0 bridgehead atoms. The maximum atomic E-state index is 12.5. The minimum absolute atomic E-state index is 0.105. The van der Waals surface area contributed by atoms with Crippen molar-refractivity contribution in [2.75, 3.05) is 18.4 Å². The summed E-state index contributed by atoms with van der Waals surface area (Å²) in [6.07, 6.45) is -2.14. The number of piperidine rings is 1. The average Bonchev–Trinajstić information content (AvgIpc) is 2.47. The van der Waals surface area contributed by atoms with E-state index in [9.17, 15) is 18.0 Å². The fourth-order valence-corrected chi connectivity index (χ4v) is 2.65. The Labute approximate surface area is 121 Å². The maximum absolute atomic E-state index is 12.5. The second-order valence-electron chi connectivity index (χ2n) is 5.41. The molecule has 0 atom stereocenters. The van der Waals surface area contributed by atoms with Gasteiger partial charge in [0.1, 0.15) is 0 Å². The number of hydrogen-bond acceptors (Lipinski definition) is 2. The molecule has 6 heteroatoms. The monoisotopic (exact) mass is 300 g/mol. The molecule has 1 amide bonds. The van der Waals surface area contributed by atoms with Crippen LogP contribution in [0.4, 0.5) is 18.9 Å². The lowest BCUT2D eigenvalue weighted by Gasteiger charge is -2.35. The molecule has 0 unspecified atom stereocenters. The third-order valence-electron chi connectivity index (χ3n) is 4.19. The van der Waals surface area contributed by atoms with Gasteiger partial charge < -0.3 is 10.6 Å². The molecule has 1 saturated heterocycles. The molecule has 0 radical (unpaired) electrons. The zero-order valence-electron chi connectivity index (χ0n) is 11.9. The first-order valence-corrected chi connectivity index (χ1v) is 7.07. The van der Waals surface area contributed by atoms with Gasteiger partial charge in [0.15, 0.2) is 0 Å². The molecule has 0 spiro atoms. The molecule has 1 heterocycles. The highest BCUT2D eigenvalue weighted by Gasteiger charge is 2.37. The van der Waals surface area contributed by atoms with Gasteiger partial charge in [-0.2, -0.15) is 13.2 Å². The smallest absolute Gasteiger partial charge is 0.326 e. The highest BCUT2D eigenvalue weighted by atomic mass is 19.4. The van der Waals surface area contributed by atoms with Crippen molar-refractivity contribution >= 4 is 11.6 Å². The summed E-state index contributed by atoms with van der Waals surface area (Å²) in [5.41, 5.74) is -0.736. The molecular formula is C15H19F3N2O. The standard InChI is InChI=1S/C15H19F3N2O/c1-2-14(7-9-19-10-8-14)13(21)20-12-5-3-11(4-6-12)15(16,17)18/h3-6,19H,2,7-10H2,1H3,(H,20,21). The van der Waals surface area contributed by atoms with Crippen molar-refractivity contribution in [3.8, 4) is 0 Å². The molecule has 3 nitrogen and oxygen atoms in total.